The number of aromatic nitrogens is 2. The first kappa shape index (κ1) is 15.0. The van der Waals surface area contributed by atoms with Gasteiger partial charge in [-0.15, -0.1) is 0 Å². The average Bonchev–Trinajstić information content (AvgIpc) is 2.48. The van der Waals surface area contributed by atoms with Crippen LogP contribution in [0.15, 0.2) is 0 Å². The molecule has 1 aromatic heterocycles. The SMILES string of the molecule is CCCc1nc(NN)c(C)c(NCC2CCCOC2)n1. The molecule has 0 amide bonds. The number of nitrogens with two attached hydrogens (primary N) is 1. The summed E-state index contributed by atoms with van der Waals surface area (Å²) in [6, 6.07) is 0. The molecule has 2 rings (SSSR count). The Morgan fingerprint density at radius 3 is 2.80 bits per heavy atom. The molecule has 0 radical (unpaired) electrons. The van der Waals surface area contributed by atoms with E-state index < -0.39 is 0 Å². The largest absolute Gasteiger partial charge is 0.381 e. The second kappa shape index (κ2) is 7.40. The van der Waals surface area contributed by atoms with E-state index in [4.69, 9.17) is 10.6 Å². The number of hydrazine groups is 1. The second-order valence-electron chi connectivity index (χ2n) is 5.32. The van der Waals surface area contributed by atoms with E-state index in [1.807, 2.05) is 6.92 Å². The van der Waals surface area contributed by atoms with Gasteiger partial charge < -0.3 is 15.5 Å². The van der Waals surface area contributed by atoms with Gasteiger partial charge in [0.15, 0.2) is 0 Å². The molecule has 0 aromatic carbocycles. The lowest BCUT2D eigenvalue weighted by molar-refractivity contribution is 0.0595. The molecule has 1 aliphatic rings. The van der Waals surface area contributed by atoms with Gasteiger partial charge in [0.2, 0.25) is 0 Å². The molecule has 4 N–H and O–H groups in total. The maximum atomic E-state index is 5.54. The molecule has 1 aliphatic heterocycles. The monoisotopic (exact) mass is 279 g/mol. The van der Waals surface area contributed by atoms with E-state index in [1.54, 1.807) is 0 Å². The van der Waals surface area contributed by atoms with Crippen molar-refractivity contribution in [3.63, 3.8) is 0 Å². The molecule has 6 heteroatoms. The van der Waals surface area contributed by atoms with Gasteiger partial charge in [0.1, 0.15) is 17.5 Å². The zero-order valence-corrected chi connectivity index (χ0v) is 12.4. The summed E-state index contributed by atoms with van der Waals surface area (Å²) in [5.41, 5.74) is 3.62. The lowest BCUT2D eigenvalue weighted by Crippen LogP contribution is -2.25. The number of nitrogens with one attached hydrogen (secondary N) is 2. The summed E-state index contributed by atoms with van der Waals surface area (Å²) in [6.07, 6.45) is 4.23. The molecule has 0 aliphatic carbocycles. The number of nitrogens with zero attached hydrogens (tertiary/aromatic N) is 2. The van der Waals surface area contributed by atoms with Crippen molar-refractivity contribution in [1.82, 2.24) is 9.97 Å². The highest BCUT2D eigenvalue weighted by atomic mass is 16.5. The summed E-state index contributed by atoms with van der Waals surface area (Å²) < 4.78 is 5.50. The van der Waals surface area contributed by atoms with Crippen molar-refractivity contribution in [3.05, 3.63) is 11.4 Å². The predicted molar refractivity (Wildman–Crippen MR) is 80.6 cm³/mol. The molecule has 112 valence electrons. The Bertz CT molecular complexity index is 432. The normalized spacial score (nSPS) is 18.9. The molecule has 1 fully saturated rings. The van der Waals surface area contributed by atoms with Gasteiger partial charge in [-0.05, 0) is 32.1 Å². The summed E-state index contributed by atoms with van der Waals surface area (Å²) >= 11 is 0. The number of hydrogen-bond acceptors (Lipinski definition) is 6. The number of nitrogen functional groups attached to an aromatic ring is 1. The quantitative estimate of drug-likeness (QED) is 0.544. The van der Waals surface area contributed by atoms with Gasteiger partial charge >= 0.3 is 0 Å². The van der Waals surface area contributed by atoms with Crippen LogP contribution in [0.3, 0.4) is 0 Å². The highest BCUT2D eigenvalue weighted by molar-refractivity contribution is 5.56. The van der Waals surface area contributed by atoms with Crippen molar-refractivity contribution in [1.29, 1.82) is 0 Å². The van der Waals surface area contributed by atoms with Gasteiger partial charge in [-0.2, -0.15) is 0 Å². The summed E-state index contributed by atoms with van der Waals surface area (Å²) in [5, 5.41) is 3.43. The summed E-state index contributed by atoms with van der Waals surface area (Å²) in [5.74, 6) is 8.50. The van der Waals surface area contributed by atoms with E-state index in [2.05, 4.69) is 27.6 Å². The minimum Gasteiger partial charge on any atom is -0.381 e. The van der Waals surface area contributed by atoms with Crippen molar-refractivity contribution >= 4 is 11.6 Å². The summed E-state index contributed by atoms with van der Waals surface area (Å²) in [6.45, 7) is 6.70. The van der Waals surface area contributed by atoms with E-state index in [0.29, 0.717) is 11.7 Å². The Hall–Kier alpha value is -1.40. The summed E-state index contributed by atoms with van der Waals surface area (Å²) in [4.78, 5) is 9.02. The molecule has 1 unspecified atom stereocenters. The topological polar surface area (TPSA) is 85.1 Å². The van der Waals surface area contributed by atoms with Crippen molar-refractivity contribution in [2.24, 2.45) is 11.8 Å². The fourth-order valence-corrected chi connectivity index (χ4v) is 2.42. The first-order valence-electron chi connectivity index (χ1n) is 7.40. The van der Waals surface area contributed by atoms with Gasteiger partial charge in [-0.1, -0.05) is 6.92 Å². The van der Waals surface area contributed by atoms with Gasteiger partial charge in [-0.25, -0.2) is 15.8 Å². The van der Waals surface area contributed by atoms with Crippen LogP contribution in [-0.4, -0.2) is 29.7 Å². The van der Waals surface area contributed by atoms with E-state index >= 15 is 0 Å². The van der Waals surface area contributed by atoms with Crippen LogP contribution in [0.5, 0.6) is 0 Å². The van der Waals surface area contributed by atoms with E-state index in [1.165, 1.54) is 6.42 Å². The fourth-order valence-electron chi connectivity index (χ4n) is 2.42. The average molecular weight is 279 g/mol. The van der Waals surface area contributed by atoms with Crippen molar-refractivity contribution < 1.29 is 4.74 Å². The van der Waals surface area contributed by atoms with Crippen LogP contribution in [-0.2, 0) is 11.2 Å². The molecule has 1 atom stereocenters. The van der Waals surface area contributed by atoms with Gasteiger partial charge in [0, 0.05) is 25.1 Å². The van der Waals surface area contributed by atoms with Crippen LogP contribution in [0.1, 0.15) is 37.6 Å². The minimum atomic E-state index is 0.557. The van der Waals surface area contributed by atoms with Crippen LogP contribution >= 0.6 is 0 Å². The third-order valence-electron chi connectivity index (χ3n) is 3.62. The van der Waals surface area contributed by atoms with Crippen molar-refractivity contribution in [3.8, 4) is 0 Å². The van der Waals surface area contributed by atoms with Crippen molar-refractivity contribution in [2.75, 3.05) is 30.5 Å². The molecular formula is C14H25N5O. The number of rotatable bonds is 6. The Morgan fingerprint density at radius 1 is 1.35 bits per heavy atom. The summed E-state index contributed by atoms with van der Waals surface area (Å²) in [7, 11) is 0. The fraction of sp³-hybridized carbons (Fsp3) is 0.714. The van der Waals surface area contributed by atoms with E-state index in [9.17, 15) is 0 Å². The maximum Gasteiger partial charge on any atom is 0.148 e. The van der Waals surface area contributed by atoms with Crippen LogP contribution in [0.4, 0.5) is 11.6 Å². The molecule has 0 spiro atoms. The smallest absolute Gasteiger partial charge is 0.148 e. The van der Waals surface area contributed by atoms with Crippen LogP contribution in [0.25, 0.3) is 0 Å². The number of ether oxygens (including phenoxy) is 1. The van der Waals surface area contributed by atoms with E-state index in [-0.39, 0.29) is 0 Å². The molecule has 0 saturated carbocycles. The third-order valence-corrected chi connectivity index (χ3v) is 3.62. The van der Waals surface area contributed by atoms with Crippen LogP contribution < -0.4 is 16.6 Å². The van der Waals surface area contributed by atoms with Gasteiger partial charge in [-0.3, -0.25) is 0 Å². The zero-order valence-electron chi connectivity index (χ0n) is 12.4. The molecule has 6 nitrogen and oxygen atoms in total. The lowest BCUT2D eigenvalue weighted by atomic mass is 10.0. The van der Waals surface area contributed by atoms with Crippen LogP contribution in [0, 0.1) is 12.8 Å². The minimum absolute atomic E-state index is 0.557. The molecule has 1 saturated heterocycles. The standard InChI is InChI=1S/C14H25N5O/c1-3-5-12-17-13(10(2)14(18-12)19-15)16-8-11-6-4-7-20-9-11/h11H,3-9,15H2,1-2H3,(H2,16,17,18,19). The van der Waals surface area contributed by atoms with Gasteiger partial charge in [0.05, 0.1) is 6.61 Å². The van der Waals surface area contributed by atoms with E-state index in [0.717, 1.165) is 56.2 Å². The first-order valence-corrected chi connectivity index (χ1v) is 7.40. The maximum absolute atomic E-state index is 5.54. The van der Waals surface area contributed by atoms with Gasteiger partial charge in [0.25, 0.3) is 0 Å². The molecule has 1 aromatic rings. The molecule has 20 heavy (non-hydrogen) atoms. The second-order valence-corrected chi connectivity index (χ2v) is 5.32. The third kappa shape index (κ3) is 3.80. The first-order chi connectivity index (χ1) is 9.74. The Kier molecular flexibility index (Phi) is 5.55. The highest BCUT2D eigenvalue weighted by Crippen LogP contribution is 2.21. The molecule has 0 bridgehead atoms. The Balaban J connectivity index is 2.06. The molecule has 2 heterocycles. The Morgan fingerprint density at radius 2 is 2.15 bits per heavy atom. The van der Waals surface area contributed by atoms with Crippen molar-refractivity contribution in [2.45, 2.75) is 39.5 Å². The number of hydrogen-bond donors (Lipinski definition) is 3. The van der Waals surface area contributed by atoms with Crippen LogP contribution in [0.2, 0.25) is 0 Å². The highest BCUT2D eigenvalue weighted by Gasteiger charge is 2.15. The number of aryl methyl sites for hydroxylation is 1. The lowest BCUT2D eigenvalue weighted by Gasteiger charge is -2.23. The molecular weight excluding hydrogens is 254 g/mol. The predicted octanol–water partition coefficient (Wildman–Crippen LogP) is 1.86. The zero-order chi connectivity index (χ0) is 14.4. The Labute approximate surface area is 120 Å². The number of anilines is 2.